The molecule has 16 heavy (non-hydrogen) atoms. The first-order valence-electron chi connectivity index (χ1n) is 5.46. The molecule has 0 saturated heterocycles. The maximum atomic E-state index is 11.4. The van der Waals surface area contributed by atoms with Crippen LogP contribution in [0.3, 0.4) is 0 Å². The largest absolute Gasteiger partial charge is 0.481 e. The molecule has 2 unspecified atom stereocenters. The number of carboxylic acid groups (broad SMARTS) is 1. The molecule has 0 radical (unpaired) electrons. The molecule has 1 rings (SSSR count). The van der Waals surface area contributed by atoms with Crippen LogP contribution < -0.4 is 5.32 Å². The first-order valence-corrected chi connectivity index (χ1v) is 5.46. The molecule has 0 bridgehead atoms. The molecular formula is C12H17NO3. The molecule has 0 aromatic rings. The molecule has 0 aromatic carbocycles. The van der Waals surface area contributed by atoms with Crippen molar-refractivity contribution in [2.75, 3.05) is 0 Å². The highest BCUT2D eigenvalue weighted by atomic mass is 16.4. The van der Waals surface area contributed by atoms with Gasteiger partial charge in [0.1, 0.15) is 0 Å². The summed E-state index contributed by atoms with van der Waals surface area (Å²) in [6.07, 6.45) is 8.67. The van der Waals surface area contributed by atoms with Crippen LogP contribution in [0, 0.1) is 5.92 Å². The van der Waals surface area contributed by atoms with Gasteiger partial charge in [0, 0.05) is 12.1 Å². The van der Waals surface area contributed by atoms with Crippen molar-refractivity contribution in [1.82, 2.24) is 5.32 Å². The molecule has 1 aliphatic carbocycles. The summed E-state index contributed by atoms with van der Waals surface area (Å²) in [5, 5.41) is 11.6. The Balaban J connectivity index is 2.34. The lowest BCUT2D eigenvalue weighted by atomic mass is 10.1. The summed E-state index contributed by atoms with van der Waals surface area (Å²) in [5.74, 6) is -1.22. The van der Waals surface area contributed by atoms with Gasteiger partial charge in [-0.2, -0.15) is 0 Å². The van der Waals surface area contributed by atoms with Gasteiger partial charge in [-0.15, -0.1) is 0 Å². The Bertz CT molecular complexity index is 320. The first kappa shape index (κ1) is 12.5. The third kappa shape index (κ3) is 3.88. The first-order chi connectivity index (χ1) is 7.63. The summed E-state index contributed by atoms with van der Waals surface area (Å²) >= 11 is 0. The number of hydrogen-bond acceptors (Lipinski definition) is 2. The van der Waals surface area contributed by atoms with Gasteiger partial charge in [0.25, 0.3) is 0 Å². The second kappa shape index (κ2) is 6.10. The molecule has 1 aliphatic rings. The van der Waals surface area contributed by atoms with E-state index in [1.165, 1.54) is 6.08 Å². The van der Waals surface area contributed by atoms with E-state index in [9.17, 15) is 9.59 Å². The van der Waals surface area contributed by atoms with Crippen molar-refractivity contribution in [3.63, 3.8) is 0 Å². The number of nitrogens with one attached hydrogen (secondary N) is 1. The molecule has 2 N–H and O–H groups in total. The number of hydrogen-bond donors (Lipinski definition) is 2. The fourth-order valence-corrected chi connectivity index (χ4v) is 1.84. The van der Waals surface area contributed by atoms with Crippen LogP contribution in [0.5, 0.6) is 0 Å². The summed E-state index contributed by atoms with van der Waals surface area (Å²) in [7, 11) is 0. The zero-order chi connectivity index (χ0) is 12.0. The number of aliphatic carboxylic acids is 1. The van der Waals surface area contributed by atoms with E-state index >= 15 is 0 Å². The van der Waals surface area contributed by atoms with Gasteiger partial charge in [-0.1, -0.05) is 18.2 Å². The maximum absolute atomic E-state index is 11.4. The van der Waals surface area contributed by atoms with Crippen LogP contribution in [-0.4, -0.2) is 23.0 Å². The van der Waals surface area contributed by atoms with Gasteiger partial charge >= 0.3 is 5.97 Å². The maximum Gasteiger partial charge on any atom is 0.306 e. The number of amides is 1. The monoisotopic (exact) mass is 223 g/mol. The molecule has 2 atom stereocenters. The topological polar surface area (TPSA) is 66.4 Å². The Hall–Kier alpha value is -1.58. The van der Waals surface area contributed by atoms with E-state index in [-0.39, 0.29) is 17.9 Å². The van der Waals surface area contributed by atoms with Crippen molar-refractivity contribution in [3.05, 3.63) is 24.3 Å². The van der Waals surface area contributed by atoms with Gasteiger partial charge in [-0.25, -0.2) is 0 Å². The van der Waals surface area contributed by atoms with Crippen molar-refractivity contribution in [3.8, 4) is 0 Å². The van der Waals surface area contributed by atoms with Crippen molar-refractivity contribution in [2.24, 2.45) is 5.92 Å². The zero-order valence-electron chi connectivity index (χ0n) is 9.35. The molecule has 88 valence electrons. The summed E-state index contributed by atoms with van der Waals surface area (Å²) in [6.45, 7) is 1.87. The molecule has 1 amide bonds. The lowest BCUT2D eigenvalue weighted by Gasteiger charge is -2.09. The van der Waals surface area contributed by atoms with Crippen LogP contribution in [0.1, 0.15) is 26.2 Å². The highest BCUT2D eigenvalue weighted by Gasteiger charge is 2.29. The quantitative estimate of drug-likeness (QED) is 0.560. The van der Waals surface area contributed by atoms with Gasteiger partial charge in [0.15, 0.2) is 0 Å². The number of rotatable bonds is 4. The van der Waals surface area contributed by atoms with Gasteiger partial charge < -0.3 is 10.4 Å². The standard InChI is InChI=1S/C12H17NO3/c1-2-3-4-5-11(14)13-10-7-6-9(8-10)12(15)16/h2-5,9-10H,6-8H2,1H3,(H,13,14)(H,15,16). The normalized spacial score (nSPS) is 25.3. The van der Waals surface area contributed by atoms with E-state index in [1.807, 2.05) is 13.0 Å². The summed E-state index contributed by atoms with van der Waals surface area (Å²) in [6, 6.07) is 0.00357. The van der Waals surface area contributed by atoms with Crippen molar-refractivity contribution in [1.29, 1.82) is 0 Å². The lowest BCUT2D eigenvalue weighted by molar-refractivity contribution is -0.141. The molecule has 0 aliphatic heterocycles. The van der Waals surface area contributed by atoms with E-state index in [2.05, 4.69) is 5.32 Å². The Morgan fingerprint density at radius 2 is 2.06 bits per heavy atom. The predicted octanol–water partition coefficient (Wildman–Crippen LogP) is 1.49. The summed E-state index contributed by atoms with van der Waals surface area (Å²) in [4.78, 5) is 22.1. The smallest absolute Gasteiger partial charge is 0.306 e. The fraction of sp³-hybridized carbons (Fsp3) is 0.500. The van der Waals surface area contributed by atoms with Gasteiger partial charge in [-0.05, 0) is 26.2 Å². The zero-order valence-corrected chi connectivity index (χ0v) is 9.35. The number of carbonyl (C=O) groups is 2. The summed E-state index contributed by atoms with van der Waals surface area (Å²) in [5.41, 5.74) is 0. The van der Waals surface area contributed by atoms with Gasteiger partial charge in [-0.3, -0.25) is 9.59 Å². The van der Waals surface area contributed by atoms with Crippen molar-refractivity contribution in [2.45, 2.75) is 32.2 Å². The van der Waals surface area contributed by atoms with Crippen molar-refractivity contribution < 1.29 is 14.7 Å². The molecule has 1 fully saturated rings. The molecular weight excluding hydrogens is 206 g/mol. The van der Waals surface area contributed by atoms with Crippen LogP contribution in [0.4, 0.5) is 0 Å². The molecule has 0 aromatic heterocycles. The minimum absolute atomic E-state index is 0.00357. The molecule has 0 heterocycles. The number of allylic oxidation sites excluding steroid dienone is 3. The number of carboxylic acids is 1. The Morgan fingerprint density at radius 3 is 2.62 bits per heavy atom. The minimum atomic E-state index is -0.763. The average Bonchev–Trinajstić information content (AvgIpc) is 2.66. The van der Waals surface area contributed by atoms with Crippen LogP contribution >= 0.6 is 0 Å². The number of carbonyl (C=O) groups excluding carboxylic acids is 1. The molecule has 4 heteroatoms. The van der Waals surface area contributed by atoms with Gasteiger partial charge in [0.2, 0.25) is 5.91 Å². The second-order valence-corrected chi connectivity index (χ2v) is 3.94. The van der Waals surface area contributed by atoms with E-state index < -0.39 is 5.97 Å². The third-order valence-corrected chi connectivity index (χ3v) is 2.68. The molecule has 4 nitrogen and oxygen atoms in total. The predicted molar refractivity (Wildman–Crippen MR) is 60.9 cm³/mol. The van der Waals surface area contributed by atoms with E-state index in [1.54, 1.807) is 12.2 Å². The third-order valence-electron chi connectivity index (χ3n) is 2.68. The van der Waals surface area contributed by atoms with Gasteiger partial charge in [0.05, 0.1) is 5.92 Å². The summed E-state index contributed by atoms with van der Waals surface area (Å²) < 4.78 is 0. The van der Waals surface area contributed by atoms with E-state index in [0.29, 0.717) is 12.8 Å². The van der Waals surface area contributed by atoms with Crippen molar-refractivity contribution >= 4 is 11.9 Å². The van der Waals surface area contributed by atoms with Crippen LogP contribution in [0.2, 0.25) is 0 Å². The second-order valence-electron chi connectivity index (χ2n) is 3.94. The van der Waals surface area contributed by atoms with Crippen LogP contribution in [0.15, 0.2) is 24.3 Å². The minimum Gasteiger partial charge on any atom is -0.481 e. The van der Waals surface area contributed by atoms with E-state index in [4.69, 9.17) is 5.11 Å². The highest BCUT2D eigenvalue weighted by Crippen LogP contribution is 2.25. The fourth-order valence-electron chi connectivity index (χ4n) is 1.84. The van der Waals surface area contributed by atoms with E-state index in [0.717, 1.165) is 6.42 Å². The Labute approximate surface area is 95.0 Å². The lowest BCUT2D eigenvalue weighted by Crippen LogP contribution is -2.31. The SMILES string of the molecule is CC=CC=CC(=O)NC1CCC(C(=O)O)C1. The molecule has 0 spiro atoms. The highest BCUT2D eigenvalue weighted by molar-refractivity contribution is 5.88. The Morgan fingerprint density at radius 1 is 1.31 bits per heavy atom. The van der Waals surface area contributed by atoms with Crippen LogP contribution in [-0.2, 0) is 9.59 Å². The molecule has 1 saturated carbocycles. The Kier molecular flexibility index (Phi) is 4.76. The van der Waals surface area contributed by atoms with Crippen LogP contribution in [0.25, 0.3) is 0 Å². The average molecular weight is 223 g/mol.